The lowest BCUT2D eigenvalue weighted by molar-refractivity contribution is -0.137. The van der Waals surface area contributed by atoms with Crippen LogP contribution in [0.15, 0.2) is 108 Å². The highest BCUT2D eigenvalue weighted by molar-refractivity contribution is 7.90. The van der Waals surface area contributed by atoms with Crippen molar-refractivity contribution in [3.63, 3.8) is 0 Å². The van der Waals surface area contributed by atoms with Crippen LogP contribution < -0.4 is 5.32 Å². The van der Waals surface area contributed by atoms with E-state index in [9.17, 15) is 31.2 Å². The van der Waals surface area contributed by atoms with Gasteiger partial charge in [-0.15, -0.1) is 0 Å². The van der Waals surface area contributed by atoms with Crippen LogP contribution in [0.2, 0.25) is 0 Å². The van der Waals surface area contributed by atoms with Gasteiger partial charge in [-0.05, 0) is 79.9 Å². The lowest BCUT2D eigenvalue weighted by atomic mass is 9.99. The van der Waals surface area contributed by atoms with E-state index in [0.717, 1.165) is 21.7 Å². The Hall–Kier alpha value is -5.16. The summed E-state index contributed by atoms with van der Waals surface area (Å²) in [7, 11) is -4.29. The number of hydrogen-bond acceptors (Lipinski definition) is 5. The van der Waals surface area contributed by atoms with Gasteiger partial charge in [-0.3, -0.25) is 4.79 Å². The van der Waals surface area contributed by atoms with Gasteiger partial charge in [-0.1, -0.05) is 66.2 Å². The second kappa shape index (κ2) is 12.7. The SMILES string of the molecule is Cc1ccc(S(=O)(=O)n2c(C)c(-c3cccc(C(=O)Nc4cccc(C(F)(F)F)c4)c3)c(C)c2C(=O)OCc2ccccc2)cc1. The van der Waals surface area contributed by atoms with Crippen molar-refractivity contribution >= 4 is 27.6 Å². The Morgan fingerprint density at radius 3 is 2.17 bits per heavy atom. The van der Waals surface area contributed by atoms with Crippen molar-refractivity contribution in [2.45, 2.75) is 38.4 Å². The topological polar surface area (TPSA) is 94.5 Å². The van der Waals surface area contributed by atoms with E-state index in [1.165, 1.54) is 36.4 Å². The molecule has 0 spiro atoms. The third-order valence-electron chi connectivity index (χ3n) is 7.43. The van der Waals surface area contributed by atoms with E-state index in [-0.39, 0.29) is 34.1 Å². The second-order valence-electron chi connectivity index (χ2n) is 10.7. The molecular formula is C35H29F3N2O5S. The number of nitrogens with one attached hydrogen (secondary N) is 1. The number of hydrogen-bond donors (Lipinski definition) is 1. The summed E-state index contributed by atoms with van der Waals surface area (Å²) in [5, 5.41) is 2.48. The average molecular weight is 647 g/mol. The summed E-state index contributed by atoms with van der Waals surface area (Å²) in [4.78, 5) is 26.7. The first kappa shape index (κ1) is 32.2. The van der Waals surface area contributed by atoms with Crippen molar-refractivity contribution in [3.05, 3.63) is 142 Å². The van der Waals surface area contributed by atoms with Gasteiger partial charge in [0.2, 0.25) is 0 Å². The molecule has 0 saturated carbocycles. The van der Waals surface area contributed by atoms with E-state index in [2.05, 4.69) is 5.32 Å². The molecule has 0 unspecified atom stereocenters. The molecule has 5 rings (SSSR count). The summed E-state index contributed by atoms with van der Waals surface area (Å²) in [6.45, 7) is 4.88. The zero-order valence-electron chi connectivity index (χ0n) is 25.1. The van der Waals surface area contributed by atoms with Crippen molar-refractivity contribution in [2.75, 3.05) is 5.32 Å². The quantitative estimate of drug-likeness (QED) is 0.173. The van der Waals surface area contributed by atoms with Crippen molar-refractivity contribution in [3.8, 4) is 11.1 Å². The normalized spacial score (nSPS) is 11.7. The van der Waals surface area contributed by atoms with Gasteiger partial charge < -0.3 is 10.1 Å². The third kappa shape index (κ3) is 6.59. The van der Waals surface area contributed by atoms with Crippen LogP contribution in [0.3, 0.4) is 0 Å². The maximum atomic E-state index is 14.0. The van der Waals surface area contributed by atoms with Crippen LogP contribution in [0.4, 0.5) is 18.9 Å². The molecule has 0 fully saturated rings. The Balaban J connectivity index is 1.57. The highest BCUT2D eigenvalue weighted by Crippen LogP contribution is 2.36. The minimum atomic E-state index is -4.58. The second-order valence-corrected chi connectivity index (χ2v) is 12.5. The van der Waals surface area contributed by atoms with Crippen molar-refractivity contribution < 1.29 is 35.9 Å². The molecule has 0 bridgehead atoms. The van der Waals surface area contributed by atoms with E-state index in [1.54, 1.807) is 62.4 Å². The zero-order chi connectivity index (χ0) is 33.2. The molecule has 1 N–H and O–H groups in total. The number of anilines is 1. The van der Waals surface area contributed by atoms with Crippen molar-refractivity contribution in [2.24, 2.45) is 0 Å². The molecule has 0 aliphatic carbocycles. The predicted octanol–water partition coefficient (Wildman–Crippen LogP) is 7.95. The third-order valence-corrected chi connectivity index (χ3v) is 9.23. The fourth-order valence-electron chi connectivity index (χ4n) is 5.17. The lowest BCUT2D eigenvalue weighted by Gasteiger charge is -2.13. The average Bonchev–Trinajstić information content (AvgIpc) is 3.30. The molecule has 236 valence electrons. The summed E-state index contributed by atoms with van der Waals surface area (Å²) in [6.07, 6.45) is -4.58. The summed E-state index contributed by atoms with van der Waals surface area (Å²) in [5.74, 6) is -1.53. The zero-order valence-corrected chi connectivity index (χ0v) is 25.9. The van der Waals surface area contributed by atoms with Crippen LogP contribution in [-0.2, 0) is 27.5 Å². The number of carbonyl (C=O) groups is 2. The summed E-state index contributed by atoms with van der Waals surface area (Å²) in [5.41, 5.74) is 1.84. The van der Waals surface area contributed by atoms with E-state index < -0.39 is 33.6 Å². The summed E-state index contributed by atoms with van der Waals surface area (Å²) < 4.78 is 74.2. The van der Waals surface area contributed by atoms with Gasteiger partial charge >= 0.3 is 12.1 Å². The van der Waals surface area contributed by atoms with E-state index in [1.807, 2.05) is 13.0 Å². The number of benzene rings is 4. The molecule has 46 heavy (non-hydrogen) atoms. The number of ether oxygens (including phenoxy) is 1. The Morgan fingerprint density at radius 1 is 0.826 bits per heavy atom. The first-order valence-electron chi connectivity index (χ1n) is 14.1. The number of alkyl halides is 3. The number of aromatic nitrogens is 1. The van der Waals surface area contributed by atoms with Crippen molar-refractivity contribution in [1.82, 2.24) is 3.97 Å². The van der Waals surface area contributed by atoms with Crippen LogP contribution in [0.1, 0.15) is 48.8 Å². The van der Waals surface area contributed by atoms with Crippen molar-refractivity contribution in [1.29, 1.82) is 0 Å². The predicted molar refractivity (Wildman–Crippen MR) is 168 cm³/mol. The Bertz CT molecular complexity index is 2040. The Kier molecular flexibility index (Phi) is 8.89. The smallest absolute Gasteiger partial charge is 0.416 e. The first-order valence-corrected chi connectivity index (χ1v) is 15.6. The fourth-order valence-corrected chi connectivity index (χ4v) is 6.77. The molecule has 11 heteroatoms. The van der Waals surface area contributed by atoms with Gasteiger partial charge in [0.25, 0.3) is 15.9 Å². The van der Waals surface area contributed by atoms with Crippen LogP contribution in [0.25, 0.3) is 11.1 Å². The van der Waals surface area contributed by atoms with E-state index in [0.29, 0.717) is 22.3 Å². The van der Waals surface area contributed by atoms with Gasteiger partial charge in [0, 0.05) is 22.5 Å². The monoisotopic (exact) mass is 646 g/mol. The van der Waals surface area contributed by atoms with Crippen LogP contribution >= 0.6 is 0 Å². The van der Waals surface area contributed by atoms with Gasteiger partial charge in [0.05, 0.1) is 10.5 Å². The molecule has 0 aliphatic heterocycles. The summed E-state index contributed by atoms with van der Waals surface area (Å²) >= 11 is 0. The van der Waals surface area contributed by atoms with Crippen LogP contribution in [0.5, 0.6) is 0 Å². The molecular weight excluding hydrogens is 617 g/mol. The number of aryl methyl sites for hydroxylation is 1. The van der Waals surface area contributed by atoms with Gasteiger partial charge in [0.1, 0.15) is 12.3 Å². The molecule has 7 nitrogen and oxygen atoms in total. The van der Waals surface area contributed by atoms with E-state index >= 15 is 0 Å². The molecule has 5 aromatic rings. The molecule has 1 aromatic heterocycles. The minimum absolute atomic E-state index is 0.0333. The maximum absolute atomic E-state index is 14.0. The minimum Gasteiger partial charge on any atom is -0.456 e. The molecule has 0 aliphatic rings. The number of halogens is 3. The molecule has 1 heterocycles. The molecule has 4 aromatic carbocycles. The van der Waals surface area contributed by atoms with E-state index in [4.69, 9.17) is 4.74 Å². The largest absolute Gasteiger partial charge is 0.456 e. The molecule has 0 atom stereocenters. The maximum Gasteiger partial charge on any atom is 0.416 e. The molecule has 0 saturated heterocycles. The molecule has 0 radical (unpaired) electrons. The Labute approximate surface area is 264 Å². The first-order chi connectivity index (χ1) is 21.8. The highest BCUT2D eigenvalue weighted by Gasteiger charge is 2.33. The van der Waals surface area contributed by atoms with Gasteiger partial charge in [0.15, 0.2) is 0 Å². The Morgan fingerprint density at radius 2 is 1.50 bits per heavy atom. The number of carbonyl (C=O) groups excluding carboxylic acids is 2. The lowest BCUT2D eigenvalue weighted by Crippen LogP contribution is -2.21. The number of amides is 1. The molecule has 1 amide bonds. The number of esters is 1. The van der Waals surface area contributed by atoms with Gasteiger partial charge in [-0.25, -0.2) is 17.2 Å². The van der Waals surface area contributed by atoms with Crippen LogP contribution in [0, 0.1) is 20.8 Å². The van der Waals surface area contributed by atoms with Gasteiger partial charge in [-0.2, -0.15) is 13.2 Å². The highest BCUT2D eigenvalue weighted by atomic mass is 32.2. The standard InChI is InChI=1S/C35H29F3N2O5S/c1-22-15-17-30(18-16-22)46(43,44)40-24(3)31(23(2)32(40)34(42)45-21-25-9-5-4-6-10-25)26-11-7-12-27(19-26)33(41)39-29-14-8-13-28(20-29)35(36,37)38/h4-20H,21H2,1-3H3,(H,39,41). The number of rotatable bonds is 8. The number of nitrogens with zero attached hydrogens (tertiary/aromatic N) is 1. The fraction of sp³-hybridized carbons (Fsp3) is 0.143. The summed E-state index contributed by atoms with van der Waals surface area (Å²) in [6, 6.07) is 25.6. The van der Waals surface area contributed by atoms with Crippen LogP contribution in [-0.4, -0.2) is 24.3 Å².